The molecular weight excluding hydrogens is 366 g/mol. The first-order valence-corrected chi connectivity index (χ1v) is 9.87. The van der Waals surface area contributed by atoms with Crippen LogP contribution in [0.3, 0.4) is 0 Å². The Morgan fingerprint density at radius 3 is 2.56 bits per heavy atom. The van der Waals surface area contributed by atoms with Crippen LogP contribution in [0.15, 0.2) is 35.7 Å². The highest BCUT2D eigenvalue weighted by atomic mass is 32.1. The Morgan fingerprint density at radius 1 is 1.07 bits per heavy atom. The zero-order valence-electron chi connectivity index (χ0n) is 15.7. The number of hydrogen-bond donors (Lipinski definition) is 1. The first-order chi connectivity index (χ1) is 13.1. The van der Waals surface area contributed by atoms with Gasteiger partial charge in [-0.1, -0.05) is 6.07 Å². The third-order valence-corrected chi connectivity index (χ3v) is 4.51. The summed E-state index contributed by atoms with van der Waals surface area (Å²) >= 11 is 1.67. The van der Waals surface area contributed by atoms with Crippen LogP contribution in [-0.4, -0.2) is 31.7 Å². The van der Waals surface area contributed by atoms with Crippen molar-refractivity contribution >= 4 is 28.9 Å². The lowest BCUT2D eigenvalue weighted by Crippen LogP contribution is -2.20. The molecule has 7 heteroatoms. The standard InChI is InChI=1S/C20H25NO5S/c1-3-24-17-11-10-15(13-18(17)25-4-2)21-19(22)14-26-20(23)9-5-7-16-8-6-12-27-16/h6,8,10-13H,3-5,7,9,14H2,1-2H3,(H,21,22). The predicted octanol–water partition coefficient (Wildman–Crippen LogP) is 4.05. The number of anilines is 1. The molecule has 0 fully saturated rings. The third kappa shape index (κ3) is 7.30. The van der Waals surface area contributed by atoms with Crippen molar-refractivity contribution in [3.8, 4) is 11.5 Å². The average molecular weight is 391 g/mol. The van der Waals surface area contributed by atoms with E-state index in [0.29, 0.717) is 43.2 Å². The van der Waals surface area contributed by atoms with Crippen molar-refractivity contribution in [3.05, 3.63) is 40.6 Å². The van der Waals surface area contributed by atoms with Crippen molar-refractivity contribution in [2.45, 2.75) is 33.1 Å². The molecule has 0 atom stereocenters. The first-order valence-electron chi connectivity index (χ1n) is 8.99. The van der Waals surface area contributed by atoms with E-state index in [1.807, 2.05) is 31.4 Å². The van der Waals surface area contributed by atoms with Crippen LogP contribution in [0.25, 0.3) is 0 Å². The number of hydrogen-bond acceptors (Lipinski definition) is 6. The van der Waals surface area contributed by atoms with E-state index in [-0.39, 0.29) is 12.6 Å². The lowest BCUT2D eigenvalue weighted by molar-refractivity contribution is -0.147. The summed E-state index contributed by atoms with van der Waals surface area (Å²) in [5, 5.41) is 4.70. The van der Waals surface area contributed by atoms with Crippen molar-refractivity contribution in [3.63, 3.8) is 0 Å². The maximum Gasteiger partial charge on any atom is 0.306 e. The van der Waals surface area contributed by atoms with Crippen LogP contribution < -0.4 is 14.8 Å². The Labute approximate surface area is 163 Å². The second kappa shape index (κ2) is 11.2. The van der Waals surface area contributed by atoms with Gasteiger partial charge in [0.15, 0.2) is 18.1 Å². The molecule has 0 aliphatic carbocycles. The molecule has 0 spiro atoms. The quantitative estimate of drug-likeness (QED) is 0.585. The van der Waals surface area contributed by atoms with Gasteiger partial charge in [-0.3, -0.25) is 9.59 Å². The molecule has 1 N–H and O–H groups in total. The Kier molecular flexibility index (Phi) is 8.64. The Balaban J connectivity index is 1.75. The molecule has 2 aromatic rings. The summed E-state index contributed by atoms with van der Waals surface area (Å²) in [6.07, 6.45) is 1.84. The number of rotatable bonds is 11. The number of nitrogens with one attached hydrogen (secondary N) is 1. The molecule has 2 rings (SSSR count). The SMILES string of the molecule is CCOc1ccc(NC(=O)COC(=O)CCCc2cccs2)cc1OCC. The molecular formula is C20H25NO5S. The fourth-order valence-corrected chi connectivity index (χ4v) is 3.16. The molecule has 6 nitrogen and oxygen atoms in total. The van der Waals surface area contributed by atoms with Crippen LogP contribution in [0.1, 0.15) is 31.6 Å². The second-order valence-electron chi connectivity index (χ2n) is 5.67. The van der Waals surface area contributed by atoms with Crippen molar-refractivity contribution in [1.82, 2.24) is 0 Å². The molecule has 0 saturated carbocycles. The van der Waals surface area contributed by atoms with Crippen LogP contribution in [0.5, 0.6) is 11.5 Å². The van der Waals surface area contributed by atoms with E-state index in [4.69, 9.17) is 14.2 Å². The van der Waals surface area contributed by atoms with Crippen molar-refractivity contribution in [2.24, 2.45) is 0 Å². The smallest absolute Gasteiger partial charge is 0.306 e. The van der Waals surface area contributed by atoms with E-state index in [9.17, 15) is 9.59 Å². The van der Waals surface area contributed by atoms with Gasteiger partial charge in [0.25, 0.3) is 5.91 Å². The molecule has 0 aliphatic rings. The molecule has 1 aromatic carbocycles. The molecule has 1 aromatic heterocycles. The minimum atomic E-state index is -0.395. The lowest BCUT2D eigenvalue weighted by Gasteiger charge is -2.13. The summed E-state index contributed by atoms with van der Waals surface area (Å²) in [5.41, 5.74) is 0.556. The summed E-state index contributed by atoms with van der Waals surface area (Å²) in [5.74, 6) is 0.411. The molecule has 1 heterocycles. The van der Waals surface area contributed by atoms with Gasteiger partial charge < -0.3 is 19.5 Å². The number of carbonyl (C=O) groups excluding carboxylic acids is 2. The van der Waals surface area contributed by atoms with Gasteiger partial charge in [-0.15, -0.1) is 11.3 Å². The van der Waals surface area contributed by atoms with Crippen LogP contribution >= 0.6 is 11.3 Å². The van der Waals surface area contributed by atoms with Gasteiger partial charge in [-0.25, -0.2) is 0 Å². The zero-order valence-corrected chi connectivity index (χ0v) is 16.5. The lowest BCUT2D eigenvalue weighted by atomic mass is 10.2. The van der Waals surface area contributed by atoms with Gasteiger partial charge in [0, 0.05) is 23.1 Å². The summed E-state index contributed by atoms with van der Waals surface area (Å²) in [7, 11) is 0. The first kappa shape index (κ1) is 20.8. The number of ether oxygens (including phenoxy) is 3. The molecule has 27 heavy (non-hydrogen) atoms. The van der Waals surface area contributed by atoms with Gasteiger partial charge in [-0.2, -0.15) is 0 Å². The van der Waals surface area contributed by atoms with Crippen LogP contribution in [0.4, 0.5) is 5.69 Å². The Hall–Kier alpha value is -2.54. The zero-order chi connectivity index (χ0) is 19.5. The average Bonchev–Trinajstić information content (AvgIpc) is 3.16. The van der Waals surface area contributed by atoms with E-state index in [1.54, 1.807) is 29.5 Å². The molecule has 0 saturated heterocycles. The van der Waals surface area contributed by atoms with Gasteiger partial charge in [0.2, 0.25) is 0 Å². The van der Waals surface area contributed by atoms with E-state index < -0.39 is 5.91 Å². The van der Waals surface area contributed by atoms with E-state index in [1.165, 1.54) is 4.88 Å². The predicted molar refractivity (Wildman–Crippen MR) is 106 cm³/mol. The third-order valence-electron chi connectivity index (χ3n) is 3.58. The topological polar surface area (TPSA) is 73.9 Å². The highest BCUT2D eigenvalue weighted by molar-refractivity contribution is 7.09. The number of benzene rings is 1. The fourth-order valence-electron chi connectivity index (χ4n) is 2.41. The molecule has 0 unspecified atom stereocenters. The number of aryl methyl sites for hydroxylation is 1. The highest BCUT2D eigenvalue weighted by Crippen LogP contribution is 2.30. The van der Waals surface area contributed by atoms with E-state index in [0.717, 1.165) is 6.42 Å². The number of thiophene rings is 1. The summed E-state index contributed by atoms with van der Waals surface area (Å²) in [4.78, 5) is 25.0. The van der Waals surface area contributed by atoms with E-state index in [2.05, 4.69) is 5.32 Å². The second-order valence-corrected chi connectivity index (χ2v) is 6.70. The fraction of sp³-hybridized carbons (Fsp3) is 0.400. The van der Waals surface area contributed by atoms with Crippen molar-refractivity contribution in [1.29, 1.82) is 0 Å². The molecule has 0 radical (unpaired) electrons. The Morgan fingerprint density at radius 2 is 1.85 bits per heavy atom. The van der Waals surface area contributed by atoms with Gasteiger partial charge in [0.1, 0.15) is 0 Å². The summed E-state index contributed by atoms with van der Waals surface area (Å²) in [6, 6.07) is 9.17. The molecule has 1 amide bonds. The molecule has 146 valence electrons. The summed E-state index contributed by atoms with van der Waals surface area (Å²) < 4.78 is 16.0. The van der Waals surface area contributed by atoms with Crippen molar-refractivity contribution < 1.29 is 23.8 Å². The molecule has 0 aliphatic heterocycles. The van der Waals surface area contributed by atoms with Crippen molar-refractivity contribution in [2.75, 3.05) is 25.1 Å². The maximum absolute atomic E-state index is 12.0. The largest absolute Gasteiger partial charge is 0.490 e. The van der Waals surface area contributed by atoms with Crippen LogP contribution in [0, 0.1) is 0 Å². The Bertz CT molecular complexity index is 730. The number of amides is 1. The van der Waals surface area contributed by atoms with Crippen LogP contribution in [0.2, 0.25) is 0 Å². The van der Waals surface area contributed by atoms with Gasteiger partial charge in [-0.05, 0) is 50.3 Å². The monoisotopic (exact) mass is 391 g/mol. The normalized spacial score (nSPS) is 10.3. The highest BCUT2D eigenvalue weighted by Gasteiger charge is 2.11. The minimum Gasteiger partial charge on any atom is -0.490 e. The maximum atomic E-state index is 12.0. The molecule has 0 bridgehead atoms. The number of carbonyl (C=O) groups is 2. The van der Waals surface area contributed by atoms with Crippen LogP contribution in [-0.2, 0) is 20.7 Å². The summed E-state index contributed by atoms with van der Waals surface area (Å²) in [6.45, 7) is 4.46. The number of esters is 1. The minimum absolute atomic E-state index is 0.294. The van der Waals surface area contributed by atoms with Gasteiger partial charge >= 0.3 is 5.97 Å². The van der Waals surface area contributed by atoms with E-state index >= 15 is 0 Å². The van der Waals surface area contributed by atoms with Gasteiger partial charge in [0.05, 0.1) is 13.2 Å².